The van der Waals surface area contributed by atoms with Crippen molar-refractivity contribution in [1.82, 2.24) is 24.1 Å². The van der Waals surface area contributed by atoms with E-state index in [4.69, 9.17) is 15.0 Å². The summed E-state index contributed by atoms with van der Waals surface area (Å²) in [7, 11) is 0. The van der Waals surface area contributed by atoms with Crippen LogP contribution in [0.2, 0.25) is 0 Å². The summed E-state index contributed by atoms with van der Waals surface area (Å²) in [6.45, 7) is 0. The summed E-state index contributed by atoms with van der Waals surface area (Å²) in [6, 6.07) is 84.6. The quantitative estimate of drug-likeness (QED) is 0.160. The number of fused-ring (bicyclic) bond motifs is 9. The Labute approximate surface area is 401 Å². The van der Waals surface area contributed by atoms with Gasteiger partial charge in [0.05, 0.1) is 32.5 Å². The summed E-state index contributed by atoms with van der Waals surface area (Å²) in [5, 5.41) is 7.29. The third-order valence-corrected chi connectivity index (χ3v) is 14.9. The molecule has 0 radical (unpaired) electrons. The van der Waals surface area contributed by atoms with Crippen LogP contribution in [0.3, 0.4) is 0 Å². The van der Waals surface area contributed by atoms with Gasteiger partial charge >= 0.3 is 0 Å². The van der Waals surface area contributed by atoms with Crippen LogP contribution in [-0.2, 0) is 0 Å². The molecule has 322 valence electrons. The maximum absolute atomic E-state index is 5.15. The van der Waals surface area contributed by atoms with Gasteiger partial charge in [-0.25, -0.2) is 15.0 Å². The predicted molar refractivity (Wildman–Crippen MR) is 289 cm³/mol. The summed E-state index contributed by atoms with van der Waals surface area (Å²) >= 11 is 1.81. The Morgan fingerprint density at radius 2 is 0.725 bits per heavy atom. The van der Waals surface area contributed by atoms with Crippen LogP contribution in [0.25, 0.3) is 132 Å². The zero-order chi connectivity index (χ0) is 45.4. The molecule has 14 rings (SSSR count). The van der Waals surface area contributed by atoms with Crippen molar-refractivity contribution in [3.05, 3.63) is 237 Å². The van der Waals surface area contributed by atoms with Gasteiger partial charge in [0.2, 0.25) is 0 Å². The van der Waals surface area contributed by atoms with Crippen molar-refractivity contribution in [3.8, 4) is 67.8 Å². The second-order valence-electron chi connectivity index (χ2n) is 17.6. The van der Waals surface area contributed by atoms with E-state index in [2.05, 4.69) is 209 Å². The lowest BCUT2D eigenvalue weighted by atomic mass is 10.0. The molecule has 0 amide bonds. The highest BCUT2D eigenvalue weighted by molar-refractivity contribution is 7.26. The topological polar surface area (TPSA) is 48.5 Å². The fraction of sp³-hybridized carbons (Fsp3) is 0. The first-order chi connectivity index (χ1) is 34.2. The molecule has 0 aliphatic rings. The SMILES string of the molecule is c1ccc(-c2cccc(-n3c4ccccc4c4cc(-c5ccc6c(c5)c5ccccc5n6-c5cccc6c5sc5c(-c7nc(-c8ccccc8)nc(-c8ccccc8)n7)cccc56)ccc43)c2)cc1. The lowest BCUT2D eigenvalue weighted by molar-refractivity contribution is 1.08. The van der Waals surface area contributed by atoms with Crippen LogP contribution in [0.4, 0.5) is 0 Å². The minimum absolute atomic E-state index is 0.652. The zero-order valence-electron chi connectivity index (χ0n) is 37.2. The monoisotopic (exact) mass is 897 g/mol. The van der Waals surface area contributed by atoms with Gasteiger partial charge in [-0.05, 0) is 82.9 Å². The van der Waals surface area contributed by atoms with Crippen molar-refractivity contribution in [2.24, 2.45) is 0 Å². The first-order valence-corrected chi connectivity index (χ1v) is 24.1. The first kappa shape index (κ1) is 39.2. The van der Waals surface area contributed by atoms with Gasteiger partial charge in [0.1, 0.15) is 0 Å². The molecule has 69 heavy (non-hydrogen) atoms. The van der Waals surface area contributed by atoms with Gasteiger partial charge in [-0.2, -0.15) is 0 Å². The van der Waals surface area contributed by atoms with E-state index in [-0.39, 0.29) is 0 Å². The molecule has 0 saturated carbocycles. The number of para-hydroxylation sites is 2. The Kier molecular flexibility index (Phi) is 9.00. The van der Waals surface area contributed by atoms with Crippen LogP contribution in [-0.4, -0.2) is 24.1 Å². The summed E-state index contributed by atoms with van der Waals surface area (Å²) in [6.07, 6.45) is 0. The lowest BCUT2D eigenvalue weighted by Gasteiger charge is -2.11. The predicted octanol–water partition coefficient (Wildman–Crippen LogP) is 16.8. The van der Waals surface area contributed by atoms with Crippen molar-refractivity contribution in [3.63, 3.8) is 0 Å². The van der Waals surface area contributed by atoms with E-state index in [1.807, 2.05) is 47.7 Å². The van der Waals surface area contributed by atoms with E-state index in [0.29, 0.717) is 17.5 Å². The van der Waals surface area contributed by atoms with Crippen LogP contribution >= 0.6 is 11.3 Å². The number of aromatic nitrogens is 5. The van der Waals surface area contributed by atoms with Crippen molar-refractivity contribution < 1.29 is 0 Å². The molecule has 0 aliphatic heterocycles. The molecule has 14 aromatic rings. The Morgan fingerprint density at radius 1 is 0.275 bits per heavy atom. The fourth-order valence-corrected chi connectivity index (χ4v) is 11.7. The summed E-state index contributed by atoms with van der Waals surface area (Å²) in [5.74, 6) is 1.96. The number of thiophene rings is 1. The first-order valence-electron chi connectivity index (χ1n) is 23.3. The Balaban J connectivity index is 0.909. The van der Waals surface area contributed by atoms with Crippen molar-refractivity contribution in [2.75, 3.05) is 0 Å². The van der Waals surface area contributed by atoms with Crippen molar-refractivity contribution in [2.45, 2.75) is 0 Å². The van der Waals surface area contributed by atoms with Gasteiger partial charge in [0, 0.05) is 59.4 Å². The van der Waals surface area contributed by atoms with Gasteiger partial charge in [0.25, 0.3) is 0 Å². The maximum atomic E-state index is 5.15. The Bertz CT molecular complexity index is 4240. The molecule has 0 unspecified atom stereocenters. The molecule has 4 aromatic heterocycles. The highest BCUT2D eigenvalue weighted by Crippen LogP contribution is 2.45. The summed E-state index contributed by atoms with van der Waals surface area (Å²) < 4.78 is 7.22. The molecule has 0 saturated heterocycles. The van der Waals surface area contributed by atoms with Crippen LogP contribution in [0, 0.1) is 0 Å². The van der Waals surface area contributed by atoms with E-state index in [9.17, 15) is 0 Å². The van der Waals surface area contributed by atoms with E-state index in [1.165, 1.54) is 81.3 Å². The number of hydrogen-bond donors (Lipinski definition) is 0. The number of hydrogen-bond acceptors (Lipinski definition) is 4. The van der Waals surface area contributed by atoms with Crippen LogP contribution < -0.4 is 0 Å². The van der Waals surface area contributed by atoms with Crippen LogP contribution in [0.1, 0.15) is 0 Å². The van der Waals surface area contributed by atoms with Crippen LogP contribution in [0.5, 0.6) is 0 Å². The van der Waals surface area contributed by atoms with E-state index in [0.717, 1.165) is 32.8 Å². The van der Waals surface area contributed by atoms with Crippen LogP contribution in [0.15, 0.2) is 237 Å². The standard InChI is InChI=1S/C63H39N5S/c1-4-17-40(18-5-1)43-23-14-24-46(37-43)67-54-30-12-10-25-47(54)52-38-44(33-35-56(52)67)45-34-36-57-53(39-45)48-26-11-13-31-55(48)68(57)58-32-16-28-50-49-27-15-29-51(59(49)69-60(50)58)63-65-61(41-19-6-2-7-20-41)64-62(66-63)42-21-8-3-9-22-42/h1-39H. The van der Waals surface area contributed by atoms with E-state index >= 15 is 0 Å². The summed E-state index contributed by atoms with van der Waals surface area (Å²) in [5.41, 5.74) is 14.7. The third kappa shape index (κ3) is 6.41. The molecule has 6 heteroatoms. The largest absolute Gasteiger partial charge is 0.309 e. The number of nitrogens with zero attached hydrogens (tertiary/aromatic N) is 5. The van der Waals surface area contributed by atoms with Crippen molar-refractivity contribution in [1.29, 1.82) is 0 Å². The van der Waals surface area contributed by atoms with Gasteiger partial charge in [-0.1, -0.05) is 176 Å². The minimum atomic E-state index is 0.652. The second-order valence-corrected chi connectivity index (χ2v) is 18.6. The molecule has 5 nitrogen and oxygen atoms in total. The van der Waals surface area contributed by atoms with Gasteiger partial charge < -0.3 is 9.13 Å². The zero-order valence-corrected chi connectivity index (χ0v) is 38.0. The Morgan fingerprint density at radius 3 is 1.36 bits per heavy atom. The molecular weight excluding hydrogens is 859 g/mol. The molecule has 0 spiro atoms. The van der Waals surface area contributed by atoms with E-state index < -0.39 is 0 Å². The molecule has 0 bridgehead atoms. The van der Waals surface area contributed by atoms with E-state index in [1.54, 1.807) is 0 Å². The molecule has 0 fully saturated rings. The van der Waals surface area contributed by atoms with Crippen molar-refractivity contribution >= 4 is 75.1 Å². The molecule has 4 heterocycles. The van der Waals surface area contributed by atoms with Gasteiger partial charge in [-0.3, -0.25) is 0 Å². The van der Waals surface area contributed by atoms with Gasteiger partial charge in [-0.15, -0.1) is 11.3 Å². The Hall–Kier alpha value is -8.97. The average Bonchev–Trinajstić information content (AvgIpc) is 4.09. The molecule has 0 N–H and O–H groups in total. The molecule has 0 atom stereocenters. The average molecular weight is 898 g/mol. The highest BCUT2D eigenvalue weighted by atomic mass is 32.1. The molecule has 10 aromatic carbocycles. The van der Waals surface area contributed by atoms with Gasteiger partial charge in [0.15, 0.2) is 17.5 Å². The minimum Gasteiger partial charge on any atom is -0.309 e. The summed E-state index contributed by atoms with van der Waals surface area (Å²) in [4.78, 5) is 15.3. The number of benzene rings is 10. The normalized spacial score (nSPS) is 11.8. The second kappa shape index (κ2) is 15.8. The third-order valence-electron chi connectivity index (χ3n) is 13.6. The smallest absolute Gasteiger partial charge is 0.165 e. The molecular formula is C63H39N5S. The highest BCUT2D eigenvalue weighted by Gasteiger charge is 2.21. The number of rotatable bonds is 7. The fourth-order valence-electron chi connectivity index (χ4n) is 10.4. The molecule has 0 aliphatic carbocycles. The maximum Gasteiger partial charge on any atom is 0.165 e. The lowest BCUT2D eigenvalue weighted by Crippen LogP contribution is -2.00.